The summed E-state index contributed by atoms with van der Waals surface area (Å²) in [5.41, 5.74) is 3.40. The summed E-state index contributed by atoms with van der Waals surface area (Å²) in [4.78, 5) is 44.6. The zero-order valence-electron chi connectivity index (χ0n) is 19.3. The number of likely N-dealkylation sites (tertiary alicyclic amines) is 1. The Bertz CT molecular complexity index is 1010. The quantitative estimate of drug-likeness (QED) is 0.639. The van der Waals surface area contributed by atoms with E-state index in [9.17, 15) is 19.5 Å². The first-order chi connectivity index (χ1) is 15.5. The number of aromatic nitrogens is 1. The molecule has 0 bridgehead atoms. The second-order valence-electron chi connectivity index (χ2n) is 8.89. The SMILES string of the molecule is COC(=O)C(NC(=O)[C@@H]1C[C@@H](O)CN1C(=O)OC(C)(C)C)c1ccc(-c2scnc2C)cc1. The van der Waals surface area contributed by atoms with Gasteiger partial charge in [-0.15, -0.1) is 11.3 Å². The number of β-amino-alcohol motifs (C(OH)–C–C–N with tert-alkyl or cyclic N) is 1. The number of methoxy groups -OCH3 is 1. The summed E-state index contributed by atoms with van der Waals surface area (Å²) in [6, 6.07) is 5.14. The number of aryl methyl sites for hydroxylation is 1. The molecule has 1 saturated heterocycles. The summed E-state index contributed by atoms with van der Waals surface area (Å²) in [6.07, 6.45) is -1.52. The summed E-state index contributed by atoms with van der Waals surface area (Å²) < 4.78 is 10.3. The Morgan fingerprint density at radius 3 is 2.45 bits per heavy atom. The third-order valence-electron chi connectivity index (χ3n) is 5.18. The number of nitrogens with zero attached hydrogens (tertiary/aromatic N) is 2. The van der Waals surface area contributed by atoms with E-state index in [-0.39, 0.29) is 13.0 Å². The molecule has 1 aromatic carbocycles. The normalized spacial score (nSPS) is 19.2. The molecule has 2 amide bonds. The number of ether oxygens (including phenoxy) is 2. The summed E-state index contributed by atoms with van der Waals surface area (Å²) in [6.45, 7) is 7.05. The topological polar surface area (TPSA) is 118 Å². The van der Waals surface area contributed by atoms with Crippen LogP contribution in [0.15, 0.2) is 29.8 Å². The molecule has 9 nitrogen and oxygen atoms in total. The van der Waals surface area contributed by atoms with Crippen molar-refractivity contribution in [3.8, 4) is 10.4 Å². The predicted molar refractivity (Wildman–Crippen MR) is 123 cm³/mol. The van der Waals surface area contributed by atoms with Gasteiger partial charge in [-0.2, -0.15) is 0 Å². The minimum atomic E-state index is -1.07. The largest absolute Gasteiger partial charge is 0.467 e. The Balaban J connectivity index is 1.79. The van der Waals surface area contributed by atoms with Gasteiger partial charge in [0.25, 0.3) is 0 Å². The Labute approximate surface area is 196 Å². The first kappa shape index (κ1) is 24.7. The molecule has 33 heavy (non-hydrogen) atoms. The monoisotopic (exact) mass is 475 g/mol. The van der Waals surface area contributed by atoms with Gasteiger partial charge in [0.2, 0.25) is 5.91 Å². The number of benzene rings is 1. The molecule has 1 aliphatic rings. The lowest BCUT2D eigenvalue weighted by Crippen LogP contribution is -2.49. The van der Waals surface area contributed by atoms with E-state index in [4.69, 9.17) is 9.47 Å². The fourth-order valence-electron chi connectivity index (χ4n) is 3.63. The van der Waals surface area contributed by atoms with Crippen molar-refractivity contribution in [1.29, 1.82) is 0 Å². The van der Waals surface area contributed by atoms with Crippen LogP contribution < -0.4 is 5.32 Å². The maximum atomic E-state index is 13.1. The van der Waals surface area contributed by atoms with Crippen LogP contribution in [-0.2, 0) is 19.1 Å². The molecule has 3 rings (SSSR count). The Hall–Kier alpha value is -2.98. The predicted octanol–water partition coefficient (Wildman–Crippen LogP) is 2.82. The number of aliphatic hydroxyl groups excluding tert-OH is 1. The van der Waals surface area contributed by atoms with Crippen LogP contribution in [0.4, 0.5) is 4.79 Å². The van der Waals surface area contributed by atoms with Crippen molar-refractivity contribution in [3.05, 3.63) is 41.0 Å². The van der Waals surface area contributed by atoms with Crippen LogP contribution in [0, 0.1) is 6.92 Å². The fraction of sp³-hybridized carbons (Fsp3) is 0.478. The molecule has 0 saturated carbocycles. The number of hydrogen-bond acceptors (Lipinski definition) is 8. The molecule has 1 fully saturated rings. The number of hydrogen-bond donors (Lipinski definition) is 2. The molecule has 2 aromatic rings. The number of carbonyl (C=O) groups excluding carboxylic acids is 3. The van der Waals surface area contributed by atoms with E-state index in [0.29, 0.717) is 5.56 Å². The summed E-state index contributed by atoms with van der Waals surface area (Å²) in [5.74, 6) is -1.22. The highest BCUT2D eigenvalue weighted by Gasteiger charge is 2.42. The van der Waals surface area contributed by atoms with E-state index in [1.165, 1.54) is 23.3 Å². The number of nitrogens with one attached hydrogen (secondary N) is 1. The zero-order chi connectivity index (χ0) is 24.3. The van der Waals surface area contributed by atoms with Crippen LogP contribution in [0.5, 0.6) is 0 Å². The fourth-order valence-corrected chi connectivity index (χ4v) is 4.44. The molecule has 0 aliphatic carbocycles. The van der Waals surface area contributed by atoms with Gasteiger partial charge < -0.3 is 19.9 Å². The molecule has 1 aromatic heterocycles. The highest BCUT2D eigenvalue weighted by atomic mass is 32.1. The summed E-state index contributed by atoms with van der Waals surface area (Å²) in [7, 11) is 1.24. The number of amides is 2. The van der Waals surface area contributed by atoms with E-state index in [1.807, 2.05) is 19.1 Å². The van der Waals surface area contributed by atoms with Crippen molar-refractivity contribution in [3.63, 3.8) is 0 Å². The summed E-state index contributed by atoms with van der Waals surface area (Å²) in [5, 5.41) is 12.8. The molecule has 1 aliphatic heterocycles. The van der Waals surface area contributed by atoms with E-state index >= 15 is 0 Å². The van der Waals surface area contributed by atoms with Crippen molar-refractivity contribution < 1.29 is 29.0 Å². The van der Waals surface area contributed by atoms with E-state index in [1.54, 1.807) is 38.4 Å². The average molecular weight is 476 g/mol. The van der Waals surface area contributed by atoms with Crippen molar-refractivity contribution in [2.24, 2.45) is 0 Å². The number of thiazole rings is 1. The lowest BCUT2D eigenvalue weighted by molar-refractivity contribution is -0.145. The molecule has 2 N–H and O–H groups in total. The smallest absolute Gasteiger partial charge is 0.411 e. The number of rotatable bonds is 5. The third-order valence-corrected chi connectivity index (χ3v) is 6.16. The van der Waals surface area contributed by atoms with Crippen molar-refractivity contribution in [2.75, 3.05) is 13.7 Å². The van der Waals surface area contributed by atoms with Gasteiger partial charge >= 0.3 is 12.1 Å². The lowest BCUT2D eigenvalue weighted by atomic mass is 10.0. The van der Waals surface area contributed by atoms with Crippen LogP contribution in [0.2, 0.25) is 0 Å². The number of carbonyl (C=O) groups is 3. The molecule has 3 atom stereocenters. The maximum Gasteiger partial charge on any atom is 0.411 e. The highest BCUT2D eigenvalue weighted by molar-refractivity contribution is 7.13. The van der Waals surface area contributed by atoms with Gasteiger partial charge in [0.15, 0.2) is 6.04 Å². The standard InChI is InChI=1S/C23H29N3O6S/c1-13-19(33-12-24-13)15-8-6-14(7-9-15)18(21(29)31-5)25-20(28)17-10-16(27)11-26(17)22(30)32-23(2,3)4/h6-9,12,16-18,27H,10-11H2,1-5H3,(H,25,28)/t16-,17+,18?/m1/s1. The van der Waals surface area contributed by atoms with Gasteiger partial charge in [-0.3, -0.25) is 9.69 Å². The van der Waals surface area contributed by atoms with Crippen molar-refractivity contribution in [2.45, 2.75) is 57.9 Å². The molecule has 0 radical (unpaired) electrons. The third kappa shape index (κ3) is 5.88. The van der Waals surface area contributed by atoms with Gasteiger partial charge in [0, 0.05) is 6.42 Å². The summed E-state index contributed by atoms with van der Waals surface area (Å²) >= 11 is 1.52. The minimum Gasteiger partial charge on any atom is -0.467 e. The maximum absolute atomic E-state index is 13.1. The molecule has 0 spiro atoms. The minimum absolute atomic E-state index is 0.0290. The van der Waals surface area contributed by atoms with E-state index in [0.717, 1.165) is 16.1 Å². The lowest BCUT2D eigenvalue weighted by Gasteiger charge is -2.28. The van der Waals surface area contributed by atoms with Crippen LogP contribution in [0.1, 0.15) is 44.5 Å². The van der Waals surface area contributed by atoms with Crippen LogP contribution in [-0.4, -0.2) is 64.4 Å². The Morgan fingerprint density at radius 2 is 1.91 bits per heavy atom. The Morgan fingerprint density at radius 1 is 1.24 bits per heavy atom. The second kappa shape index (κ2) is 9.88. The van der Waals surface area contributed by atoms with Crippen molar-refractivity contribution >= 4 is 29.3 Å². The first-order valence-electron chi connectivity index (χ1n) is 10.6. The van der Waals surface area contributed by atoms with Crippen LogP contribution >= 0.6 is 11.3 Å². The highest BCUT2D eigenvalue weighted by Crippen LogP contribution is 2.29. The molecular formula is C23H29N3O6S. The molecule has 2 heterocycles. The zero-order valence-corrected chi connectivity index (χ0v) is 20.1. The van der Waals surface area contributed by atoms with Gasteiger partial charge in [-0.1, -0.05) is 24.3 Å². The van der Waals surface area contributed by atoms with E-state index in [2.05, 4.69) is 10.3 Å². The molecular weight excluding hydrogens is 446 g/mol. The van der Waals surface area contributed by atoms with Gasteiger partial charge in [-0.05, 0) is 38.8 Å². The average Bonchev–Trinajstić information content (AvgIpc) is 3.36. The Kier molecular flexibility index (Phi) is 7.38. The number of esters is 1. The number of aliphatic hydroxyl groups is 1. The van der Waals surface area contributed by atoms with Crippen molar-refractivity contribution in [1.82, 2.24) is 15.2 Å². The van der Waals surface area contributed by atoms with E-state index < -0.39 is 41.8 Å². The first-order valence-corrected chi connectivity index (χ1v) is 11.4. The van der Waals surface area contributed by atoms with Gasteiger partial charge in [-0.25, -0.2) is 14.6 Å². The molecule has 10 heteroatoms. The van der Waals surface area contributed by atoms with Crippen LogP contribution in [0.25, 0.3) is 10.4 Å². The molecule has 1 unspecified atom stereocenters. The van der Waals surface area contributed by atoms with Gasteiger partial charge in [0.05, 0.1) is 35.8 Å². The molecule has 178 valence electrons. The van der Waals surface area contributed by atoms with Gasteiger partial charge in [0.1, 0.15) is 11.6 Å². The van der Waals surface area contributed by atoms with Crippen LogP contribution in [0.3, 0.4) is 0 Å². The second-order valence-corrected chi connectivity index (χ2v) is 9.75.